The summed E-state index contributed by atoms with van der Waals surface area (Å²) in [4.78, 5) is 9.17. The number of anilines is 2. The van der Waals surface area contributed by atoms with Crippen molar-refractivity contribution in [1.29, 1.82) is 0 Å². The average molecular weight is 262 g/mol. The van der Waals surface area contributed by atoms with Crippen molar-refractivity contribution in [2.75, 3.05) is 17.2 Å². The normalized spacial score (nSPS) is 22.5. The zero-order valence-corrected chi connectivity index (χ0v) is 12.4. The Morgan fingerprint density at radius 2 is 2.00 bits per heavy atom. The van der Waals surface area contributed by atoms with Crippen LogP contribution in [0.15, 0.2) is 6.07 Å². The maximum Gasteiger partial charge on any atom is 0.133 e. The van der Waals surface area contributed by atoms with E-state index in [0.29, 0.717) is 6.04 Å². The minimum absolute atomic E-state index is 0.578. The Kier molecular flexibility index (Phi) is 5.00. The van der Waals surface area contributed by atoms with Crippen molar-refractivity contribution in [3.05, 3.63) is 11.9 Å². The number of rotatable bonds is 6. The summed E-state index contributed by atoms with van der Waals surface area (Å²) in [5.74, 6) is 3.69. The molecule has 2 N–H and O–H groups in total. The maximum absolute atomic E-state index is 4.63. The molecule has 0 saturated heterocycles. The van der Waals surface area contributed by atoms with Crippen LogP contribution in [0.1, 0.15) is 52.3 Å². The molecule has 2 unspecified atom stereocenters. The van der Waals surface area contributed by atoms with Gasteiger partial charge in [-0.15, -0.1) is 0 Å². The fourth-order valence-corrected chi connectivity index (χ4v) is 2.73. The minimum atomic E-state index is 0.578. The number of nitrogens with zero attached hydrogens (tertiary/aromatic N) is 2. The van der Waals surface area contributed by atoms with Gasteiger partial charge in [-0.25, -0.2) is 9.97 Å². The van der Waals surface area contributed by atoms with Gasteiger partial charge in [-0.05, 0) is 38.5 Å². The van der Waals surface area contributed by atoms with Crippen molar-refractivity contribution < 1.29 is 0 Å². The van der Waals surface area contributed by atoms with E-state index in [1.165, 1.54) is 19.3 Å². The first-order chi connectivity index (χ1) is 9.21. The summed E-state index contributed by atoms with van der Waals surface area (Å²) in [5, 5.41) is 6.87. The lowest BCUT2D eigenvalue weighted by Crippen LogP contribution is -2.17. The first kappa shape index (κ1) is 14.1. The summed E-state index contributed by atoms with van der Waals surface area (Å²) in [5.41, 5.74) is 0. The molecule has 1 aromatic heterocycles. The molecular weight excluding hydrogens is 236 g/mol. The molecule has 1 saturated carbocycles. The van der Waals surface area contributed by atoms with E-state index in [-0.39, 0.29) is 0 Å². The fourth-order valence-electron chi connectivity index (χ4n) is 2.73. The fraction of sp³-hybridized carbons (Fsp3) is 0.733. The Bertz CT molecular complexity index is 381. The van der Waals surface area contributed by atoms with Gasteiger partial charge in [0.05, 0.1) is 0 Å². The van der Waals surface area contributed by atoms with Crippen LogP contribution in [0, 0.1) is 5.92 Å². The highest BCUT2D eigenvalue weighted by Crippen LogP contribution is 2.27. The molecule has 0 spiro atoms. The lowest BCUT2D eigenvalue weighted by molar-refractivity contribution is 0.602. The molecule has 1 fully saturated rings. The molecule has 0 amide bonds. The van der Waals surface area contributed by atoms with E-state index in [0.717, 1.165) is 42.8 Å². The molecule has 1 aromatic rings. The van der Waals surface area contributed by atoms with Gasteiger partial charge in [0.15, 0.2) is 0 Å². The van der Waals surface area contributed by atoms with E-state index in [2.05, 4.69) is 41.4 Å². The highest BCUT2D eigenvalue weighted by atomic mass is 15.1. The van der Waals surface area contributed by atoms with Crippen molar-refractivity contribution in [3.63, 3.8) is 0 Å². The Balaban J connectivity index is 2.09. The van der Waals surface area contributed by atoms with Gasteiger partial charge in [0.25, 0.3) is 0 Å². The molecule has 0 aliphatic heterocycles. The van der Waals surface area contributed by atoms with Crippen LogP contribution < -0.4 is 10.6 Å². The van der Waals surface area contributed by atoms with Crippen molar-refractivity contribution in [2.45, 2.75) is 58.9 Å². The van der Waals surface area contributed by atoms with Gasteiger partial charge in [0.2, 0.25) is 0 Å². The summed E-state index contributed by atoms with van der Waals surface area (Å²) < 4.78 is 0. The van der Waals surface area contributed by atoms with Gasteiger partial charge >= 0.3 is 0 Å². The molecule has 0 bridgehead atoms. The maximum atomic E-state index is 4.63. The molecule has 2 rings (SSSR count). The number of nitrogens with one attached hydrogen (secondary N) is 2. The number of hydrogen-bond acceptors (Lipinski definition) is 4. The molecule has 4 heteroatoms. The quantitative estimate of drug-likeness (QED) is 0.824. The van der Waals surface area contributed by atoms with E-state index < -0.39 is 0 Å². The zero-order chi connectivity index (χ0) is 13.7. The second-order valence-corrected chi connectivity index (χ2v) is 5.59. The van der Waals surface area contributed by atoms with Gasteiger partial charge in [-0.1, -0.05) is 13.8 Å². The summed E-state index contributed by atoms with van der Waals surface area (Å²) in [6, 6.07) is 2.61. The molecule has 106 valence electrons. The summed E-state index contributed by atoms with van der Waals surface area (Å²) >= 11 is 0. The van der Waals surface area contributed by atoms with Gasteiger partial charge in [0.1, 0.15) is 17.5 Å². The van der Waals surface area contributed by atoms with Crippen molar-refractivity contribution in [1.82, 2.24) is 9.97 Å². The van der Waals surface area contributed by atoms with E-state index in [4.69, 9.17) is 0 Å². The molecule has 0 aromatic carbocycles. The summed E-state index contributed by atoms with van der Waals surface area (Å²) in [6.45, 7) is 7.47. The molecule has 2 atom stereocenters. The monoisotopic (exact) mass is 262 g/mol. The number of aryl methyl sites for hydroxylation is 1. The molecule has 0 radical (unpaired) electrons. The van der Waals surface area contributed by atoms with Crippen LogP contribution >= 0.6 is 0 Å². The predicted molar refractivity (Wildman–Crippen MR) is 80.6 cm³/mol. The van der Waals surface area contributed by atoms with Crippen LogP contribution in [-0.2, 0) is 6.42 Å². The Labute approximate surface area is 116 Å². The van der Waals surface area contributed by atoms with Gasteiger partial charge in [-0.2, -0.15) is 0 Å². The summed E-state index contributed by atoms with van der Waals surface area (Å²) in [7, 11) is 0. The van der Waals surface area contributed by atoms with E-state index in [1.807, 2.05) is 6.07 Å². The van der Waals surface area contributed by atoms with E-state index >= 15 is 0 Å². The Morgan fingerprint density at radius 3 is 2.63 bits per heavy atom. The third-order valence-corrected chi connectivity index (χ3v) is 3.65. The van der Waals surface area contributed by atoms with Gasteiger partial charge in [-0.3, -0.25) is 0 Å². The number of hydrogen-bond donors (Lipinski definition) is 2. The van der Waals surface area contributed by atoms with Crippen molar-refractivity contribution in [3.8, 4) is 0 Å². The van der Waals surface area contributed by atoms with Crippen molar-refractivity contribution in [2.24, 2.45) is 5.92 Å². The van der Waals surface area contributed by atoms with Crippen LogP contribution in [0.3, 0.4) is 0 Å². The summed E-state index contributed by atoms with van der Waals surface area (Å²) in [6.07, 6.45) is 5.85. The van der Waals surface area contributed by atoms with Crippen LogP contribution in [0.2, 0.25) is 0 Å². The van der Waals surface area contributed by atoms with Crippen LogP contribution in [-0.4, -0.2) is 22.6 Å². The SMILES string of the molecule is CCCc1nc(NCC)cc(NC2CCC(C)C2)n1. The molecule has 19 heavy (non-hydrogen) atoms. The molecule has 1 aliphatic carbocycles. The standard InChI is InChI=1S/C15H26N4/c1-4-6-13-18-14(16-5-2)10-15(19-13)17-12-8-7-11(3)9-12/h10-12H,4-9H2,1-3H3,(H2,16,17,18,19). The smallest absolute Gasteiger partial charge is 0.133 e. The van der Waals surface area contributed by atoms with Gasteiger partial charge in [0, 0.05) is 25.1 Å². The van der Waals surface area contributed by atoms with Crippen LogP contribution in [0.4, 0.5) is 11.6 Å². The predicted octanol–water partition coefficient (Wildman–Crippen LogP) is 3.46. The third kappa shape index (κ3) is 4.08. The van der Waals surface area contributed by atoms with E-state index in [9.17, 15) is 0 Å². The van der Waals surface area contributed by atoms with E-state index in [1.54, 1.807) is 0 Å². The first-order valence-corrected chi connectivity index (χ1v) is 7.59. The van der Waals surface area contributed by atoms with Crippen LogP contribution in [0.5, 0.6) is 0 Å². The lowest BCUT2D eigenvalue weighted by atomic mass is 10.1. The second-order valence-electron chi connectivity index (χ2n) is 5.59. The van der Waals surface area contributed by atoms with Crippen molar-refractivity contribution >= 4 is 11.6 Å². The molecule has 4 nitrogen and oxygen atoms in total. The highest BCUT2D eigenvalue weighted by molar-refractivity contribution is 5.48. The minimum Gasteiger partial charge on any atom is -0.370 e. The number of aromatic nitrogens is 2. The molecular formula is C15H26N4. The first-order valence-electron chi connectivity index (χ1n) is 7.59. The zero-order valence-electron chi connectivity index (χ0n) is 12.4. The topological polar surface area (TPSA) is 49.8 Å². The Hall–Kier alpha value is -1.32. The Morgan fingerprint density at radius 1 is 1.21 bits per heavy atom. The largest absolute Gasteiger partial charge is 0.370 e. The third-order valence-electron chi connectivity index (χ3n) is 3.65. The molecule has 1 heterocycles. The second kappa shape index (κ2) is 6.73. The van der Waals surface area contributed by atoms with Crippen LogP contribution in [0.25, 0.3) is 0 Å². The van der Waals surface area contributed by atoms with Gasteiger partial charge < -0.3 is 10.6 Å². The average Bonchev–Trinajstić information content (AvgIpc) is 2.75. The lowest BCUT2D eigenvalue weighted by Gasteiger charge is -2.15. The highest BCUT2D eigenvalue weighted by Gasteiger charge is 2.21. The molecule has 1 aliphatic rings.